The standard InChI is InChI=1S/C15H18N4/c16-8-11-3-5-12(6-4-11)14-10-18-19-15(14)13-2-1-7-17-9-13/h1-7,9,14-15,18-19H,8,10,16H2. The summed E-state index contributed by atoms with van der Waals surface area (Å²) in [7, 11) is 0. The molecular formula is C15H18N4. The molecule has 4 nitrogen and oxygen atoms in total. The Kier molecular flexibility index (Phi) is 3.55. The minimum Gasteiger partial charge on any atom is -0.326 e. The summed E-state index contributed by atoms with van der Waals surface area (Å²) >= 11 is 0. The SMILES string of the molecule is NCc1ccc(C2CNNC2c2cccnc2)cc1. The maximum absolute atomic E-state index is 5.64. The van der Waals surface area contributed by atoms with Crippen LogP contribution in [0.15, 0.2) is 48.8 Å². The molecule has 4 heteroatoms. The zero-order chi connectivity index (χ0) is 13.1. The fraction of sp³-hybridized carbons (Fsp3) is 0.267. The molecule has 2 atom stereocenters. The van der Waals surface area contributed by atoms with Gasteiger partial charge in [0.2, 0.25) is 0 Å². The highest BCUT2D eigenvalue weighted by molar-refractivity contribution is 5.30. The summed E-state index contributed by atoms with van der Waals surface area (Å²) in [5.74, 6) is 0.413. The molecule has 0 amide bonds. The van der Waals surface area contributed by atoms with Gasteiger partial charge in [-0.1, -0.05) is 30.3 Å². The molecule has 3 rings (SSSR count). The number of nitrogens with two attached hydrogens (primary N) is 1. The number of hydrogen-bond donors (Lipinski definition) is 3. The van der Waals surface area contributed by atoms with Gasteiger partial charge >= 0.3 is 0 Å². The Morgan fingerprint density at radius 2 is 2.00 bits per heavy atom. The number of hydrogen-bond acceptors (Lipinski definition) is 4. The van der Waals surface area contributed by atoms with Crippen LogP contribution in [0.5, 0.6) is 0 Å². The third-order valence-electron chi connectivity index (χ3n) is 3.67. The molecule has 1 aromatic heterocycles. The monoisotopic (exact) mass is 254 g/mol. The first-order chi connectivity index (χ1) is 9.38. The fourth-order valence-corrected chi connectivity index (χ4v) is 2.58. The summed E-state index contributed by atoms with van der Waals surface area (Å²) in [4.78, 5) is 4.20. The van der Waals surface area contributed by atoms with Crippen LogP contribution in [-0.2, 0) is 6.54 Å². The van der Waals surface area contributed by atoms with Crippen LogP contribution in [0.3, 0.4) is 0 Å². The van der Waals surface area contributed by atoms with Crippen LogP contribution in [-0.4, -0.2) is 11.5 Å². The van der Waals surface area contributed by atoms with Gasteiger partial charge in [0, 0.05) is 31.4 Å². The van der Waals surface area contributed by atoms with Crippen molar-refractivity contribution in [2.45, 2.75) is 18.5 Å². The van der Waals surface area contributed by atoms with Gasteiger partial charge in [-0.15, -0.1) is 0 Å². The summed E-state index contributed by atoms with van der Waals surface area (Å²) in [6.07, 6.45) is 3.73. The number of aromatic nitrogens is 1. The molecule has 0 spiro atoms. The van der Waals surface area contributed by atoms with Crippen LogP contribution in [0, 0.1) is 0 Å². The number of nitrogens with zero attached hydrogens (tertiary/aromatic N) is 1. The average molecular weight is 254 g/mol. The molecule has 4 N–H and O–H groups in total. The van der Waals surface area contributed by atoms with Gasteiger partial charge in [-0.25, -0.2) is 5.43 Å². The van der Waals surface area contributed by atoms with Gasteiger partial charge in [-0.3, -0.25) is 10.4 Å². The van der Waals surface area contributed by atoms with E-state index in [2.05, 4.69) is 46.2 Å². The van der Waals surface area contributed by atoms with Crippen molar-refractivity contribution in [1.29, 1.82) is 0 Å². The first-order valence-corrected chi connectivity index (χ1v) is 6.55. The van der Waals surface area contributed by atoms with Crippen molar-refractivity contribution in [1.82, 2.24) is 15.8 Å². The van der Waals surface area contributed by atoms with Crippen molar-refractivity contribution in [2.75, 3.05) is 6.54 Å². The highest BCUT2D eigenvalue weighted by atomic mass is 15.4. The normalized spacial score (nSPS) is 22.6. The molecule has 19 heavy (non-hydrogen) atoms. The van der Waals surface area contributed by atoms with Gasteiger partial charge in [0.15, 0.2) is 0 Å². The van der Waals surface area contributed by atoms with Gasteiger partial charge < -0.3 is 5.73 Å². The zero-order valence-corrected chi connectivity index (χ0v) is 10.7. The number of hydrazine groups is 1. The summed E-state index contributed by atoms with van der Waals surface area (Å²) in [5.41, 5.74) is 15.9. The van der Waals surface area contributed by atoms with Crippen LogP contribution in [0.2, 0.25) is 0 Å². The van der Waals surface area contributed by atoms with E-state index >= 15 is 0 Å². The molecule has 1 fully saturated rings. The lowest BCUT2D eigenvalue weighted by Gasteiger charge is -2.19. The van der Waals surface area contributed by atoms with E-state index in [9.17, 15) is 0 Å². The van der Waals surface area contributed by atoms with E-state index in [1.165, 1.54) is 16.7 Å². The highest BCUT2D eigenvalue weighted by Crippen LogP contribution is 2.32. The second kappa shape index (κ2) is 5.48. The summed E-state index contributed by atoms with van der Waals surface area (Å²) < 4.78 is 0. The fourth-order valence-electron chi connectivity index (χ4n) is 2.58. The van der Waals surface area contributed by atoms with Crippen LogP contribution < -0.4 is 16.6 Å². The molecule has 2 aromatic rings. The van der Waals surface area contributed by atoms with Crippen molar-refractivity contribution in [2.24, 2.45) is 5.73 Å². The Bertz CT molecular complexity index is 524. The van der Waals surface area contributed by atoms with Crippen LogP contribution >= 0.6 is 0 Å². The minimum atomic E-state index is 0.262. The van der Waals surface area contributed by atoms with E-state index in [1.807, 2.05) is 12.3 Å². The lowest BCUT2D eigenvalue weighted by molar-refractivity contribution is 0.552. The molecule has 1 aromatic carbocycles. The molecule has 2 heterocycles. The second-order valence-corrected chi connectivity index (χ2v) is 4.84. The third-order valence-corrected chi connectivity index (χ3v) is 3.67. The molecule has 1 aliphatic heterocycles. The van der Waals surface area contributed by atoms with Gasteiger partial charge in [-0.05, 0) is 22.8 Å². The minimum absolute atomic E-state index is 0.262. The van der Waals surface area contributed by atoms with Crippen LogP contribution in [0.1, 0.15) is 28.7 Å². The highest BCUT2D eigenvalue weighted by Gasteiger charge is 2.29. The maximum Gasteiger partial charge on any atom is 0.0558 e. The topological polar surface area (TPSA) is 63.0 Å². The molecule has 98 valence electrons. The van der Waals surface area contributed by atoms with Crippen molar-refractivity contribution >= 4 is 0 Å². The summed E-state index contributed by atoms with van der Waals surface area (Å²) in [5, 5.41) is 0. The lowest BCUT2D eigenvalue weighted by Crippen LogP contribution is -2.24. The Balaban J connectivity index is 1.86. The Morgan fingerprint density at radius 3 is 2.68 bits per heavy atom. The quantitative estimate of drug-likeness (QED) is 0.776. The Morgan fingerprint density at radius 1 is 1.16 bits per heavy atom. The molecule has 0 saturated carbocycles. The van der Waals surface area contributed by atoms with Crippen molar-refractivity contribution in [3.63, 3.8) is 0 Å². The van der Waals surface area contributed by atoms with Gasteiger partial charge in [0.1, 0.15) is 0 Å². The molecule has 2 unspecified atom stereocenters. The Hall–Kier alpha value is -1.75. The van der Waals surface area contributed by atoms with E-state index in [1.54, 1.807) is 6.20 Å². The van der Waals surface area contributed by atoms with Crippen molar-refractivity contribution in [3.05, 3.63) is 65.5 Å². The third kappa shape index (κ3) is 2.51. The lowest BCUT2D eigenvalue weighted by atomic mass is 9.89. The predicted octanol–water partition coefficient (Wildman–Crippen LogP) is 1.47. The average Bonchev–Trinajstić information content (AvgIpc) is 2.98. The summed E-state index contributed by atoms with van der Waals surface area (Å²) in [6, 6.07) is 12.9. The zero-order valence-electron chi connectivity index (χ0n) is 10.7. The van der Waals surface area contributed by atoms with Crippen LogP contribution in [0.25, 0.3) is 0 Å². The number of nitrogens with one attached hydrogen (secondary N) is 2. The van der Waals surface area contributed by atoms with E-state index in [4.69, 9.17) is 5.73 Å². The molecule has 0 aliphatic carbocycles. The van der Waals surface area contributed by atoms with E-state index in [-0.39, 0.29) is 6.04 Å². The van der Waals surface area contributed by atoms with Gasteiger partial charge in [0.25, 0.3) is 0 Å². The summed E-state index contributed by atoms with van der Waals surface area (Å²) in [6.45, 7) is 1.51. The predicted molar refractivity (Wildman–Crippen MR) is 75.2 cm³/mol. The smallest absolute Gasteiger partial charge is 0.0558 e. The first kappa shape index (κ1) is 12.3. The molecule has 1 aliphatic rings. The number of rotatable bonds is 3. The van der Waals surface area contributed by atoms with E-state index in [0.29, 0.717) is 12.5 Å². The van der Waals surface area contributed by atoms with Crippen LogP contribution in [0.4, 0.5) is 0 Å². The number of benzene rings is 1. The Labute approximate surface area is 113 Å². The molecule has 1 saturated heterocycles. The molecule has 0 radical (unpaired) electrons. The first-order valence-electron chi connectivity index (χ1n) is 6.55. The largest absolute Gasteiger partial charge is 0.326 e. The molecule has 0 bridgehead atoms. The second-order valence-electron chi connectivity index (χ2n) is 4.84. The van der Waals surface area contributed by atoms with Crippen molar-refractivity contribution < 1.29 is 0 Å². The van der Waals surface area contributed by atoms with E-state index in [0.717, 1.165) is 6.54 Å². The van der Waals surface area contributed by atoms with Crippen molar-refractivity contribution in [3.8, 4) is 0 Å². The van der Waals surface area contributed by atoms with Gasteiger partial charge in [-0.2, -0.15) is 0 Å². The number of pyridine rings is 1. The maximum atomic E-state index is 5.64. The van der Waals surface area contributed by atoms with E-state index < -0.39 is 0 Å². The molecular weight excluding hydrogens is 236 g/mol. The van der Waals surface area contributed by atoms with Gasteiger partial charge in [0.05, 0.1) is 6.04 Å².